The molecule has 0 saturated heterocycles. The van der Waals surface area contributed by atoms with E-state index in [-0.39, 0.29) is 18.6 Å². The number of hydrogen-bond acceptors (Lipinski definition) is 2. The molecule has 1 amide bonds. The van der Waals surface area contributed by atoms with Crippen LogP contribution >= 0.6 is 15.9 Å². The van der Waals surface area contributed by atoms with Crippen molar-refractivity contribution in [2.75, 3.05) is 6.61 Å². The second-order valence-electron chi connectivity index (χ2n) is 4.87. The third kappa shape index (κ3) is 4.69. The summed E-state index contributed by atoms with van der Waals surface area (Å²) in [6.45, 7) is -0.0832. The Morgan fingerprint density at radius 3 is 2.29 bits per heavy atom. The standard InChI is InChI=1S/C17H18BrNO2/c18-11-14-6-8-15(9-7-14)17(21)19-16(12-20)10-13-4-2-1-3-5-13/h1-9,16,20H,10-12H2,(H,19,21)/t16-/m0/s1. The normalized spacial score (nSPS) is 11.9. The van der Waals surface area contributed by atoms with Crippen LogP contribution < -0.4 is 5.32 Å². The van der Waals surface area contributed by atoms with E-state index in [0.717, 1.165) is 16.5 Å². The fourth-order valence-electron chi connectivity index (χ4n) is 2.07. The Balaban J connectivity index is 1.98. The summed E-state index contributed by atoms with van der Waals surface area (Å²) >= 11 is 3.37. The zero-order valence-corrected chi connectivity index (χ0v) is 13.2. The van der Waals surface area contributed by atoms with Crippen LogP contribution in [0.4, 0.5) is 0 Å². The van der Waals surface area contributed by atoms with E-state index in [2.05, 4.69) is 21.2 Å². The number of hydrogen-bond donors (Lipinski definition) is 2. The van der Waals surface area contributed by atoms with Gasteiger partial charge in [-0.25, -0.2) is 0 Å². The second kappa shape index (κ2) is 7.96. The summed E-state index contributed by atoms with van der Waals surface area (Å²) in [5.41, 5.74) is 2.81. The van der Waals surface area contributed by atoms with Gasteiger partial charge in [-0.3, -0.25) is 4.79 Å². The van der Waals surface area contributed by atoms with E-state index in [1.807, 2.05) is 42.5 Å². The molecule has 2 aromatic carbocycles. The first-order valence-corrected chi connectivity index (χ1v) is 7.95. The Bertz CT molecular complexity index is 569. The van der Waals surface area contributed by atoms with Crippen molar-refractivity contribution in [2.24, 2.45) is 0 Å². The largest absolute Gasteiger partial charge is 0.394 e. The second-order valence-corrected chi connectivity index (χ2v) is 5.43. The lowest BCUT2D eigenvalue weighted by atomic mass is 10.1. The van der Waals surface area contributed by atoms with Crippen LogP contribution in [-0.4, -0.2) is 23.7 Å². The van der Waals surface area contributed by atoms with Gasteiger partial charge in [-0.05, 0) is 29.7 Å². The van der Waals surface area contributed by atoms with E-state index >= 15 is 0 Å². The van der Waals surface area contributed by atoms with Crippen molar-refractivity contribution in [2.45, 2.75) is 17.8 Å². The van der Waals surface area contributed by atoms with E-state index in [1.54, 1.807) is 12.1 Å². The molecule has 2 aromatic rings. The molecule has 0 unspecified atom stereocenters. The molecule has 0 spiro atoms. The van der Waals surface area contributed by atoms with E-state index in [1.165, 1.54) is 0 Å². The highest BCUT2D eigenvalue weighted by Gasteiger charge is 2.13. The predicted octanol–water partition coefficient (Wildman–Crippen LogP) is 2.91. The van der Waals surface area contributed by atoms with Crippen LogP contribution in [-0.2, 0) is 11.8 Å². The molecule has 0 heterocycles. The van der Waals surface area contributed by atoms with Gasteiger partial charge < -0.3 is 10.4 Å². The van der Waals surface area contributed by atoms with Crippen LogP contribution in [0.25, 0.3) is 0 Å². The quantitative estimate of drug-likeness (QED) is 0.789. The number of aliphatic hydroxyl groups excluding tert-OH is 1. The Labute approximate surface area is 133 Å². The number of aliphatic hydroxyl groups is 1. The molecule has 0 aromatic heterocycles. The van der Waals surface area contributed by atoms with Crippen LogP contribution in [0, 0.1) is 0 Å². The van der Waals surface area contributed by atoms with E-state index in [4.69, 9.17) is 0 Å². The van der Waals surface area contributed by atoms with Gasteiger partial charge in [-0.15, -0.1) is 0 Å². The fraction of sp³-hybridized carbons (Fsp3) is 0.235. The minimum absolute atomic E-state index is 0.0832. The lowest BCUT2D eigenvalue weighted by Gasteiger charge is -2.16. The molecular weight excluding hydrogens is 330 g/mol. The van der Waals surface area contributed by atoms with Gasteiger partial charge in [-0.1, -0.05) is 58.4 Å². The Morgan fingerprint density at radius 1 is 1.05 bits per heavy atom. The zero-order chi connectivity index (χ0) is 15.1. The van der Waals surface area contributed by atoms with Gasteiger partial charge in [0.2, 0.25) is 0 Å². The minimum atomic E-state index is -0.282. The van der Waals surface area contributed by atoms with Crippen LogP contribution in [0.5, 0.6) is 0 Å². The average Bonchev–Trinajstić information content (AvgIpc) is 2.55. The Hall–Kier alpha value is -1.65. The van der Waals surface area contributed by atoms with Crippen LogP contribution in [0.3, 0.4) is 0 Å². The minimum Gasteiger partial charge on any atom is -0.394 e. The van der Waals surface area contributed by atoms with Crippen molar-refractivity contribution in [1.29, 1.82) is 0 Å². The highest BCUT2D eigenvalue weighted by Crippen LogP contribution is 2.09. The van der Waals surface area contributed by atoms with Gasteiger partial charge in [0.15, 0.2) is 0 Å². The summed E-state index contributed by atoms with van der Waals surface area (Å²) < 4.78 is 0. The lowest BCUT2D eigenvalue weighted by molar-refractivity contribution is 0.0916. The highest BCUT2D eigenvalue weighted by atomic mass is 79.9. The van der Waals surface area contributed by atoms with Gasteiger partial charge in [0.1, 0.15) is 0 Å². The number of carbonyl (C=O) groups excluding carboxylic acids is 1. The first kappa shape index (κ1) is 15.7. The number of alkyl halides is 1. The molecule has 2 rings (SSSR count). The van der Waals surface area contributed by atoms with Crippen molar-refractivity contribution in [1.82, 2.24) is 5.32 Å². The molecule has 0 saturated carbocycles. The summed E-state index contributed by atoms with van der Waals surface area (Å²) in [5, 5.41) is 13.1. The maximum absolute atomic E-state index is 12.2. The molecular formula is C17H18BrNO2. The summed E-state index contributed by atoms with van der Waals surface area (Å²) in [5.74, 6) is -0.161. The van der Waals surface area contributed by atoms with Crippen LogP contribution in [0.1, 0.15) is 21.5 Å². The summed E-state index contributed by atoms with van der Waals surface area (Å²) in [6.07, 6.45) is 0.614. The molecule has 3 nitrogen and oxygen atoms in total. The molecule has 0 aliphatic heterocycles. The third-order valence-corrected chi connectivity index (χ3v) is 3.90. The number of carbonyl (C=O) groups is 1. The van der Waals surface area contributed by atoms with Crippen molar-refractivity contribution in [3.8, 4) is 0 Å². The first-order chi connectivity index (χ1) is 10.2. The molecule has 0 fully saturated rings. The molecule has 0 aliphatic rings. The zero-order valence-electron chi connectivity index (χ0n) is 11.6. The maximum atomic E-state index is 12.2. The highest BCUT2D eigenvalue weighted by molar-refractivity contribution is 9.08. The SMILES string of the molecule is O=C(N[C@H](CO)Cc1ccccc1)c1ccc(CBr)cc1. The predicted molar refractivity (Wildman–Crippen MR) is 87.6 cm³/mol. The summed E-state index contributed by atoms with van der Waals surface area (Å²) in [7, 11) is 0. The Morgan fingerprint density at radius 2 is 1.71 bits per heavy atom. The summed E-state index contributed by atoms with van der Waals surface area (Å²) in [4.78, 5) is 12.2. The lowest BCUT2D eigenvalue weighted by Crippen LogP contribution is -2.39. The molecule has 110 valence electrons. The smallest absolute Gasteiger partial charge is 0.251 e. The monoisotopic (exact) mass is 347 g/mol. The van der Waals surface area contributed by atoms with Crippen molar-refractivity contribution in [3.05, 3.63) is 71.3 Å². The molecule has 0 aliphatic carbocycles. The first-order valence-electron chi connectivity index (χ1n) is 6.83. The van der Waals surface area contributed by atoms with Crippen molar-refractivity contribution < 1.29 is 9.90 Å². The molecule has 4 heteroatoms. The van der Waals surface area contributed by atoms with Gasteiger partial charge in [-0.2, -0.15) is 0 Å². The van der Waals surface area contributed by atoms with Crippen molar-refractivity contribution in [3.63, 3.8) is 0 Å². The molecule has 1 atom stereocenters. The van der Waals surface area contributed by atoms with Gasteiger partial charge in [0.25, 0.3) is 5.91 Å². The van der Waals surface area contributed by atoms with E-state index in [0.29, 0.717) is 12.0 Å². The van der Waals surface area contributed by atoms with Crippen LogP contribution in [0.15, 0.2) is 54.6 Å². The summed E-state index contributed by atoms with van der Waals surface area (Å²) in [6, 6.07) is 16.9. The number of benzene rings is 2. The number of nitrogens with one attached hydrogen (secondary N) is 1. The molecule has 21 heavy (non-hydrogen) atoms. The van der Waals surface area contributed by atoms with E-state index in [9.17, 15) is 9.90 Å². The van der Waals surface area contributed by atoms with E-state index < -0.39 is 0 Å². The number of rotatable bonds is 6. The van der Waals surface area contributed by atoms with Crippen molar-refractivity contribution >= 4 is 21.8 Å². The van der Waals surface area contributed by atoms with Crippen LogP contribution in [0.2, 0.25) is 0 Å². The van der Waals surface area contributed by atoms with Gasteiger partial charge >= 0.3 is 0 Å². The van der Waals surface area contributed by atoms with Gasteiger partial charge in [0, 0.05) is 10.9 Å². The average molecular weight is 348 g/mol. The molecule has 0 bridgehead atoms. The number of halogens is 1. The molecule has 2 N–H and O–H groups in total. The molecule has 0 radical (unpaired) electrons. The number of amides is 1. The third-order valence-electron chi connectivity index (χ3n) is 3.25. The topological polar surface area (TPSA) is 49.3 Å². The fourth-order valence-corrected chi connectivity index (χ4v) is 2.45. The Kier molecular flexibility index (Phi) is 5.96. The maximum Gasteiger partial charge on any atom is 0.251 e. The van der Waals surface area contributed by atoms with Gasteiger partial charge in [0.05, 0.1) is 12.6 Å².